The van der Waals surface area contributed by atoms with Crippen LogP contribution in [-0.4, -0.2) is 24.8 Å². The number of rotatable bonds is 3. The molecule has 1 N–H and O–H groups in total. The largest absolute Gasteiger partial charge is 0.388 e. The van der Waals surface area contributed by atoms with E-state index in [9.17, 15) is 18.5 Å². The molecule has 1 aliphatic carbocycles. The monoisotopic (exact) mass is 244 g/mol. The van der Waals surface area contributed by atoms with Crippen LogP contribution in [0.3, 0.4) is 0 Å². The molecule has 88 valence electrons. The molecular weight excluding hydrogens is 232 g/mol. The summed E-state index contributed by atoms with van der Waals surface area (Å²) in [6.45, 7) is 4.13. The van der Waals surface area contributed by atoms with Gasteiger partial charge in [-0.2, -0.15) is 8.42 Å². The quantitative estimate of drug-likeness (QED) is 0.439. The third-order valence-corrected chi connectivity index (χ3v) is 3.21. The summed E-state index contributed by atoms with van der Waals surface area (Å²) in [5, 5.41) is 13.7. The van der Waals surface area contributed by atoms with Crippen LogP contribution in [0.25, 0.3) is 0 Å². The van der Waals surface area contributed by atoms with Crippen LogP contribution in [0.2, 0.25) is 0 Å². The van der Waals surface area contributed by atoms with Crippen LogP contribution in [0.4, 0.5) is 0 Å². The second kappa shape index (κ2) is 4.93. The first-order valence-corrected chi connectivity index (χ1v) is 5.83. The summed E-state index contributed by atoms with van der Waals surface area (Å²) in [6, 6.07) is 0. The van der Waals surface area contributed by atoms with Crippen molar-refractivity contribution in [2.75, 3.05) is 6.54 Å². The number of hydrogen-bond donors (Lipinski definition) is 1. The Morgan fingerprint density at radius 1 is 1.50 bits per heavy atom. The molecule has 0 heterocycles. The third kappa shape index (κ3) is 2.30. The van der Waals surface area contributed by atoms with E-state index in [1.165, 1.54) is 6.08 Å². The summed E-state index contributed by atoms with van der Waals surface area (Å²) in [4.78, 5) is 9.82. The lowest BCUT2D eigenvalue weighted by Crippen LogP contribution is -2.30. The zero-order valence-corrected chi connectivity index (χ0v) is 9.74. The summed E-state index contributed by atoms with van der Waals surface area (Å²) in [5.41, 5.74) is 0.315. The lowest BCUT2D eigenvalue weighted by atomic mass is 9.96. The molecule has 0 spiro atoms. The van der Waals surface area contributed by atoms with Crippen molar-refractivity contribution in [2.45, 2.75) is 13.8 Å². The van der Waals surface area contributed by atoms with Crippen molar-refractivity contribution in [2.24, 2.45) is 5.92 Å². The minimum Gasteiger partial charge on any atom is -0.388 e. The molecule has 1 unspecified atom stereocenters. The van der Waals surface area contributed by atoms with Crippen LogP contribution in [0.15, 0.2) is 23.5 Å². The Morgan fingerprint density at radius 3 is 2.56 bits per heavy atom. The Bertz CT molecular complexity index is 494. The Morgan fingerprint density at radius 2 is 2.12 bits per heavy atom. The van der Waals surface area contributed by atoms with Gasteiger partial charge in [0, 0.05) is 24.2 Å². The van der Waals surface area contributed by atoms with E-state index in [4.69, 9.17) is 0 Å². The maximum Gasteiger partial charge on any atom is 0.288 e. The fraction of sp³-hybridized carbons (Fsp3) is 0.444. The first-order chi connectivity index (χ1) is 7.49. The van der Waals surface area contributed by atoms with Gasteiger partial charge >= 0.3 is 0 Å². The van der Waals surface area contributed by atoms with Gasteiger partial charge in [-0.15, -0.1) is 0 Å². The van der Waals surface area contributed by atoms with Gasteiger partial charge in [-0.25, -0.2) is 0 Å². The van der Waals surface area contributed by atoms with Crippen LogP contribution in [0.5, 0.6) is 0 Å². The summed E-state index contributed by atoms with van der Waals surface area (Å²) < 4.78 is 22.0. The van der Waals surface area contributed by atoms with Gasteiger partial charge in [0.1, 0.15) is 0 Å². The van der Waals surface area contributed by atoms with E-state index < -0.39 is 21.1 Å². The van der Waals surface area contributed by atoms with Crippen LogP contribution in [0, 0.1) is 16.0 Å². The van der Waals surface area contributed by atoms with Crippen molar-refractivity contribution >= 4 is 15.2 Å². The van der Waals surface area contributed by atoms with E-state index in [0.717, 1.165) is 0 Å². The maximum atomic E-state index is 11.0. The lowest BCUT2D eigenvalue weighted by molar-refractivity contribution is -0.415. The zero-order chi connectivity index (χ0) is 12.3. The molecular formula is C9H12N2O4S. The summed E-state index contributed by atoms with van der Waals surface area (Å²) >= 11 is 0. The fourth-order valence-electron chi connectivity index (χ4n) is 1.55. The average Bonchev–Trinajstić information content (AvgIpc) is 2.20. The maximum absolute atomic E-state index is 11.0. The number of hydrogen-bond acceptors (Lipinski definition) is 5. The Balaban J connectivity index is 3.31. The van der Waals surface area contributed by atoms with Crippen LogP contribution in [0.1, 0.15) is 13.8 Å². The Labute approximate surface area is 94.3 Å². The highest BCUT2D eigenvalue weighted by Crippen LogP contribution is 2.20. The zero-order valence-electron chi connectivity index (χ0n) is 8.93. The molecule has 0 aromatic rings. The van der Waals surface area contributed by atoms with Gasteiger partial charge in [-0.05, 0) is 13.0 Å². The fourth-order valence-corrected chi connectivity index (χ4v) is 2.28. The molecule has 0 saturated carbocycles. The van der Waals surface area contributed by atoms with E-state index in [2.05, 4.69) is 5.32 Å². The molecule has 1 aliphatic rings. The molecule has 7 heteroatoms. The van der Waals surface area contributed by atoms with Crippen molar-refractivity contribution in [3.05, 3.63) is 33.7 Å². The molecule has 0 amide bonds. The smallest absolute Gasteiger partial charge is 0.288 e. The number of allylic oxidation sites excluding steroid dienone is 4. The summed E-state index contributed by atoms with van der Waals surface area (Å²) in [7, 11) is -2.58. The number of nitrogens with zero attached hydrogens (tertiary/aromatic N) is 1. The van der Waals surface area contributed by atoms with Crippen molar-refractivity contribution in [3.8, 4) is 0 Å². The van der Waals surface area contributed by atoms with Crippen LogP contribution < -0.4 is 5.32 Å². The second-order valence-corrected chi connectivity index (χ2v) is 4.19. The molecule has 6 nitrogen and oxygen atoms in total. The minimum atomic E-state index is -2.58. The van der Waals surface area contributed by atoms with Crippen molar-refractivity contribution in [1.82, 2.24) is 5.32 Å². The van der Waals surface area contributed by atoms with Crippen LogP contribution >= 0.6 is 0 Å². The molecule has 0 aliphatic heterocycles. The highest BCUT2D eigenvalue weighted by atomic mass is 32.2. The SMILES string of the molecule is CCNC1=CC=C([N+](=O)[O-])C(=S(=O)=O)C1C. The van der Waals surface area contributed by atoms with Crippen molar-refractivity contribution < 1.29 is 13.3 Å². The molecule has 0 fully saturated rings. The lowest BCUT2D eigenvalue weighted by Gasteiger charge is -2.18. The molecule has 0 aromatic heterocycles. The van der Waals surface area contributed by atoms with E-state index in [1.807, 2.05) is 6.92 Å². The Hall–Kier alpha value is -1.63. The predicted molar refractivity (Wildman–Crippen MR) is 59.9 cm³/mol. The summed E-state index contributed by atoms with van der Waals surface area (Å²) in [6.07, 6.45) is 2.76. The standard InChI is InChI=1S/C9H12N2O4S/c1-3-10-7-4-5-8(11(12)13)9(6(7)2)16(14)15/h4-6,10H,3H2,1-2H3. The first kappa shape index (κ1) is 12.4. The number of nitrogens with one attached hydrogen (secondary N) is 1. The number of nitro groups is 1. The molecule has 1 rings (SSSR count). The molecule has 1 atom stereocenters. The van der Waals surface area contributed by atoms with Crippen molar-refractivity contribution in [1.29, 1.82) is 0 Å². The van der Waals surface area contributed by atoms with Crippen molar-refractivity contribution in [3.63, 3.8) is 0 Å². The molecule has 0 saturated heterocycles. The van der Waals surface area contributed by atoms with E-state index in [0.29, 0.717) is 12.2 Å². The Kier molecular flexibility index (Phi) is 3.83. The van der Waals surface area contributed by atoms with E-state index >= 15 is 0 Å². The highest BCUT2D eigenvalue weighted by Gasteiger charge is 2.31. The molecule has 16 heavy (non-hydrogen) atoms. The minimum absolute atomic E-state index is 0.177. The topological polar surface area (TPSA) is 89.3 Å². The first-order valence-electron chi connectivity index (χ1n) is 4.75. The average molecular weight is 244 g/mol. The van der Waals surface area contributed by atoms with Crippen LogP contribution in [-0.2, 0) is 10.3 Å². The molecule has 0 radical (unpaired) electrons. The third-order valence-electron chi connectivity index (χ3n) is 2.29. The predicted octanol–water partition coefficient (Wildman–Crippen LogP) is 0.342. The van der Waals surface area contributed by atoms with Gasteiger partial charge in [0.15, 0.2) is 4.86 Å². The van der Waals surface area contributed by atoms with Gasteiger partial charge in [0.05, 0.1) is 4.92 Å². The molecule has 0 bridgehead atoms. The van der Waals surface area contributed by atoms with Gasteiger partial charge in [0.2, 0.25) is 10.3 Å². The van der Waals surface area contributed by atoms with Gasteiger partial charge in [-0.3, -0.25) is 10.1 Å². The van der Waals surface area contributed by atoms with Gasteiger partial charge in [0.25, 0.3) is 5.70 Å². The summed E-state index contributed by atoms with van der Waals surface area (Å²) in [5.74, 6) is -0.510. The van der Waals surface area contributed by atoms with Gasteiger partial charge < -0.3 is 5.32 Å². The van der Waals surface area contributed by atoms with E-state index in [-0.39, 0.29) is 10.6 Å². The molecule has 0 aromatic carbocycles. The normalized spacial score (nSPS) is 19.9. The van der Waals surface area contributed by atoms with Gasteiger partial charge in [-0.1, -0.05) is 6.92 Å². The highest BCUT2D eigenvalue weighted by molar-refractivity contribution is 7.73. The van der Waals surface area contributed by atoms with E-state index in [1.54, 1.807) is 13.0 Å². The second-order valence-electron chi connectivity index (χ2n) is 3.28.